The zero-order valence-electron chi connectivity index (χ0n) is 13.9. The van der Waals surface area contributed by atoms with Gasteiger partial charge in [0.15, 0.2) is 4.32 Å². The summed E-state index contributed by atoms with van der Waals surface area (Å²) in [5.74, 6) is 0.241. The number of amides is 1. The number of hydrazone groups is 1. The van der Waals surface area contributed by atoms with Crippen molar-refractivity contribution in [3.8, 4) is 0 Å². The monoisotopic (exact) mass is 433 g/mol. The van der Waals surface area contributed by atoms with Crippen molar-refractivity contribution in [1.29, 1.82) is 0 Å². The van der Waals surface area contributed by atoms with Gasteiger partial charge in [-0.15, -0.1) is 0 Å². The standard InChI is InChI=1S/C19H13Cl2N3OS2/c20-14-6-5-12(16(21)7-14)9-23-10-13(15-3-1-2-4-17(15)23)8-22-24-18(25)11-27-19(24)26/h1-8,10H,9,11H2/b22-8+. The average Bonchev–Trinajstić information content (AvgIpc) is 3.16. The Morgan fingerprint density at radius 1 is 1.22 bits per heavy atom. The van der Waals surface area contributed by atoms with E-state index >= 15 is 0 Å². The Labute approximate surface area is 175 Å². The lowest BCUT2D eigenvalue weighted by Gasteiger charge is -2.08. The minimum absolute atomic E-state index is 0.0991. The van der Waals surface area contributed by atoms with Crippen LogP contribution in [0.4, 0.5) is 0 Å². The van der Waals surface area contributed by atoms with Crippen LogP contribution in [0.1, 0.15) is 11.1 Å². The van der Waals surface area contributed by atoms with Crippen LogP contribution in [0, 0.1) is 0 Å². The molecule has 1 amide bonds. The van der Waals surface area contributed by atoms with Gasteiger partial charge in [-0.2, -0.15) is 10.1 Å². The number of hydrogen-bond acceptors (Lipinski definition) is 4. The van der Waals surface area contributed by atoms with Gasteiger partial charge in [-0.1, -0.05) is 71.4 Å². The number of aromatic nitrogens is 1. The van der Waals surface area contributed by atoms with Crippen LogP contribution >= 0.6 is 47.2 Å². The van der Waals surface area contributed by atoms with Crippen LogP contribution in [0.25, 0.3) is 10.9 Å². The van der Waals surface area contributed by atoms with Crippen molar-refractivity contribution in [2.75, 3.05) is 5.75 Å². The van der Waals surface area contributed by atoms with Gasteiger partial charge in [0.25, 0.3) is 5.91 Å². The molecule has 0 bridgehead atoms. The number of carbonyl (C=O) groups is 1. The smallest absolute Gasteiger partial charge is 0.259 e. The van der Waals surface area contributed by atoms with Crippen molar-refractivity contribution in [3.63, 3.8) is 0 Å². The summed E-state index contributed by atoms with van der Waals surface area (Å²) >= 11 is 18.8. The second-order valence-electron chi connectivity index (χ2n) is 5.97. The van der Waals surface area contributed by atoms with Crippen LogP contribution in [-0.2, 0) is 11.3 Å². The van der Waals surface area contributed by atoms with Crippen molar-refractivity contribution in [2.45, 2.75) is 6.54 Å². The zero-order chi connectivity index (χ0) is 19.0. The maximum atomic E-state index is 11.9. The van der Waals surface area contributed by atoms with Crippen LogP contribution in [-0.4, -0.2) is 31.8 Å². The van der Waals surface area contributed by atoms with Gasteiger partial charge in [0.05, 0.1) is 12.0 Å². The van der Waals surface area contributed by atoms with Crippen molar-refractivity contribution < 1.29 is 4.79 Å². The van der Waals surface area contributed by atoms with Gasteiger partial charge < -0.3 is 4.57 Å². The number of rotatable bonds is 4. The zero-order valence-corrected chi connectivity index (χ0v) is 17.1. The molecule has 1 aliphatic rings. The van der Waals surface area contributed by atoms with Gasteiger partial charge in [-0.25, -0.2) is 0 Å². The second kappa shape index (κ2) is 7.64. The van der Waals surface area contributed by atoms with Crippen molar-refractivity contribution >= 4 is 74.5 Å². The highest BCUT2D eigenvalue weighted by atomic mass is 35.5. The van der Waals surface area contributed by atoms with E-state index in [1.165, 1.54) is 16.8 Å². The molecule has 4 rings (SSSR count). The topological polar surface area (TPSA) is 37.6 Å². The molecule has 0 N–H and O–H groups in total. The largest absolute Gasteiger partial charge is 0.342 e. The summed E-state index contributed by atoms with van der Waals surface area (Å²) in [6.07, 6.45) is 3.67. The molecule has 0 saturated carbocycles. The Morgan fingerprint density at radius 2 is 2.04 bits per heavy atom. The van der Waals surface area contributed by atoms with E-state index in [1.807, 2.05) is 42.6 Å². The third-order valence-corrected chi connectivity index (χ3v) is 6.14. The van der Waals surface area contributed by atoms with E-state index in [2.05, 4.69) is 9.67 Å². The fourth-order valence-electron chi connectivity index (χ4n) is 2.92. The van der Waals surface area contributed by atoms with Crippen molar-refractivity contribution in [2.24, 2.45) is 5.10 Å². The Morgan fingerprint density at radius 3 is 2.78 bits per heavy atom. The molecule has 2 heterocycles. The minimum Gasteiger partial charge on any atom is -0.342 e. The number of thiocarbonyl (C=S) groups is 1. The summed E-state index contributed by atoms with van der Waals surface area (Å²) in [6.45, 7) is 0.598. The first-order valence-electron chi connectivity index (χ1n) is 8.08. The number of benzene rings is 2. The van der Waals surface area contributed by atoms with E-state index in [0.29, 0.717) is 26.7 Å². The molecule has 0 unspecified atom stereocenters. The Balaban J connectivity index is 1.71. The van der Waals surface area contributed by atoms with Crippen LogP contribution in [0.3, 0.4) is 0 Å². The third kappa shape index (κ3) is 3.75. The van der Waals surface area contributed by atoms with E-state index in [9.17, 15) is 4.79 Å². The van der Waals surface area contributed by atoms with Crippen LogP contribution < -0.4 is 0 Å². The van der Waals surface area contributed by atoms with E-state index in [4.69, 9.17) is 35.4 Å². The quantitative estimate of drug-likeness (QED) is 0.419. The van der Waals surface area contributed by atoms with Gasteiger partial charge in [0.2, 0.25) is 0 Å². The van der Waals surface area contributed by atoms with Crippen LogP contribution in [0.5, 0.6) is 0 Å². The molecule has 2 aromatic carbocycles. The average molecular weight is 434 g/mol. The maximum absolute atomic E-state index is 11.9. The summed E-state index contributed by atoms with van der Waals surface area (Å²) in [5.41, 5.74) is 2.93. The molecule has 0 radical (unpaired) electrons. The number of fused-ring (bicyclic) bond motifs is 1. The predicted molar refractivity (Wildman–Crippen MR) is 117 cm³/mol. The molecular weight excluding hydrogens is 421 g/mol. The molecule has 8 heteroatoms. The predicted octanol–water partition coefficient (Wildman–Crippen LogP) is 5.19. The van der Waals surface area contributed by atoms with Gasteiger partial charge in [0, 0.05) is 39.3 Å². The maximum Gasteiger partial charge on any atom is 0.259 e. The molecule has 1 aliphatic heterocycles. The number of halogens is 2. The molecule has 136 valence electrons. The number of nitrogens with zero attached hydrogens (tertiary/aromatic N) is 3. The summed E-state index contributed by atoms with van der Waals surface area (Å²) in [5, 5.41) is 7.85. The van der Waals surface area contributed by atoms with E-state index in [0.717, 1.165) is 22.0 Å². The molecule has 27 heavy (non-hydrogen) atoms. The van der Waals surface area contributed by atoms with E-state index in [1.54, 1.807) is 12.3 Å². The summed E-state index contributed by atoms with van der Waals surface area (Å²) in [7, 11) is 0. The van der Waals surface area contributed by atoms with Crippen molar-refractivity contribution in [1.82, 2.24) is 9.58 Å². The molecule has 0 aliphatic carbocycles. The fourth-order valence-corrected chi connectivity index (χ4v) is 4.36. The summed E-state index contributed by atoms with van der Waals surface area (Å²) < 4.78 is 2.58. The van der Waals surface area contributed by atoms with Crippen LogP contribution in [0.2, 0.25) is 10.0 Å². The lowest BCUT2D eigenvalue weighted by Crippen LogP contribution is -2.22. The molecule has 1 saturated heterocycles. The van der Waals surface area contributed by atoms with Gasteiger partial charge in [0.1, 0.15) is 0 Å². The molecule has 0 spiro atoms. The number of hydrogen-bond donors (Lipinski definition) is 0. The number of thioether (sulfide) groups is 1. The molecular formula is C19H13Cl2N3OS2. The SMILES string of the molecule is O=C1CSC(=S)N1/N=C/c1cn(Cc2ccc(Cl)cc2Cl)c2ccccc12. The van der Waals surface area contributed by atoms with Gasteiger partial charge in [-0.3, -0.25) is 4.79 Å². The fraction of sp³-hybridized carbons (Fsp3) is 0.105. The highest BCUT2D eigenvalue weighted by Crippen LogP contribution is 2.26. The highest BCUT2D eigenvalue weighted by molar-refractivity contribution is 8.23. The molecule has 1 aromatic heterocycles. The first-order chi connectivity index (χ1) is 13.0. The number of para-hydroxylation sites is 1. The molecule has 0 atom stereocenters. The van der Waals surface area contributed by atoms with Gasteiger partial charge >= 0.3 is 0 Å². The summed E-state index contributed by atoms with van der Waals surface area (Å²) in [4.78, 5) is 11.9. The van der Waals surface area contributed by atoms with Gasteiger partial charge in [-0.05, 0) is 23.8 Å². The first kappa shape index (κ1) is 18.5. The first-order valence-corrected chi connectivity index (χ1v) is 10.2. The lowest BCUT2D eigenvalue weighted by molar-refractivity contribution is -0.123. The van der Waals surface area contributed by atoms with Crippen molar-refractivity contribution in [3.05, 3.63) is 69.8 Å². The van der Waals surface area contributed by atoms with E-state index in [-0.39, 0.29) is 5.91 Å². The Bertz CT molecular complexity index is 1080. The number of carbonyl (C=O) groups excluding carboxylic acids is 1. The molecule has 3 aromatic rings. The summed E-state index contributed by atoms with van der Waals surface area (Å²) in [6, 6.07) is 13.5. The van der Waals surface area contributed by atoms with Crippen LogP contribution in [0.15, 0.2) is 53.8 Å². The Hall–Kier alpha value is -1.86. The lowest BCUT2D eigenvalue weighted by atomic mass is 10.2. The third-order valence-electron chi connectivity index (χ3n) is 4.22. The second-order valence-corrected chi connectivity index (χ2v) is 8.42. The van der Waals surface area contributed by atoms with E-state index < -0.39 is 0 Å². The normalized spacial score (nSPS) is 14.8. The highest BCUT2D eigenvalue weighted by Gasteiger charge is 2.26. The molecule has 4 nitrogen and oxygen atoms in total. The molecule has 1 fully saturated rings. The Kier molecular flexibility index (Phi) is 5.23. The minimum atomic E-state index is -0.0991.